The predicted octanol–water partition coefficient (Wildman–Crippen LogP) is 3.01. The first-order valence-corrected chi connectivity index (χ1v) is 4.50. The molecule has 0 saturated heterocycles. The molecule has 0 fully saturated rings. The van der Waals surface area contributed by atoms with Gasteiger partial charge in [0.1, 0.15) is 0 Å². The molecule has 0 aliphatic carbocycles. The maximum Gasteiger partial charge on any atom is 0.0273 e. The number of nitrogens with zero attached hydrogens (tertiary/aromatic N) is 1. The zero-order valence-corrected chi connectivity index (χ0v) is 8.46. The second kappa shape index (κ2) is 5.34. The van der Waals surface area contributed by atoms with Crippen LogP contribution in [0.3, 0.4) is 0 Å². The van der Waals surface area contributed by atoms with Gasteiger partial charge in [-0.2, -0.15) is 0 Å². The molecule has 0 saturated carbocycles. The average Bonchev–Trinajstić information content (AvgIpc) is 1.86. The largest absolute Gasteiger partial charge is 0.301 e. The molecule has 1 nitrogen and oxygen atoms in total. The molecule has 0 aromatic rings. The Kier molecular flexibility index (Phi) is 5.18. The summed E-state index contributed by atoms with van der Waals surface area (Å²) in [7, 11) is 1.86. The Morgan fingerprint density at radius 2 is 1.73 bits per heavy atom. The van der Waals surface area contributed by atoms with Gasteiger partial charge in [-0.3, -0.25) is 0 Å². The number of hydrogen-bond acceptors (Lipinski definition) is 1. The maximum atomic E-state index is 4.09. The van der Waals surface area contributed by atoms with Crippen molar-refractivity contribution in [1.29, 1.82) is 0 Å². The Morgan fingerprint density at radius 1 is 1.18 bits per heavy atom. The van der Waals surface area contributed by atoms with Crippen molar-refractivity contribution in [2.75, 3.05) is 7.05 Å². The summed E-state index contributed by atoms with van der Waals surface area (Å²) in [5.41, 5.74) is 0. The SMILES string of the molecule is CN=CC(CC(C)C)C(C)C. The lowest BCUT2D eigenvalue weighted by Crippen LogP contribution is -2.12. The Balaban J connectivity index is 3.89. The third-order valence-corrected chi connectivity index (χ3v) is 1.94. The normalized spacial score (nSPS) is 15.2. The van der Waals surface area contributed by atoms with Crippen LogP contribution in [0.1, 0.15) is 34.1 Å². The zero-order chi connectivity index (χ0) is 8.85. The van der Waals surface area contributed by atoms with Gasteiger partial charge in [0.05, 0.1) is 0 Å². The van der Waals surface area contributed by atoms with E-state index in [4.69, 9.17) is 0 Å². The molecule has 0 aromatic heterocycles. The maximum absolute atomic E-state index is 4.09. The van der Waals surface area contributed by atoms with Crippen molar-refractivity contribution < 1.29 is 0 Å². The van der Waals surface area contributed by atoms with Gasteiger partial charge in [0.15, 0.2) is 0 Å². The highest BCUT2D eigenvalue weighted by atomic mass is 14.6. The van der Waals surface area contributed by atoms with Crippen molar-refractivity contribution in [2.45, 2.75) is 34.1 Å². The number of hydrogen-bond donors (Lipinski definition) is 0. The zero-order valence-electron chi connectivity index (χ0n) is 8.46. The quantitative estimate of drug-likeness (QED) is 0.553. The fraction of sp³-hybridized carbons (Fsp3) is 0.900. The lowest BCUT2D eigenvalue weighted by atomic mass is 9.89. The van der Waals surface area contributed by atoms with Gasteiger partial charge in [0, 0.05) is 13.3 Å². The molecule has 1 unspecified atom stereocenters. The van der Waals surface area contributed by atoms with Gasteiger partial charge in [-0.15, -0.1) is 0 Å². The van der Waals surface area contributed by atoms with E-state index in [1.54, 1.807) is 0 Å². The highest BCUT2D eigenvalue weighted by molar-refractivity contribution is 5.60. The van der Waals surface area contributed by atoms with Crippen LogP contribution in [0.4, 0.5) is 0 Å². The molecule has 0 aliphatic heterocycles. The fourth-order valence-corrected chi connectivity index (χ4v) is 1.24. The first-order chi connectivity index (χ1) is 5.07. The minimum absolute atomic E-state index is 0.667. The Bertz CT molecular complexity index is 114. The third-order valence-electron chi connectivity index (χ3n) is 1.94. The second-order valence-corrected chi connectivity index (χ2v) is 3.94. The van der Waals surface area contributed by atoms with Gasteiger partial charge in [-0.1, -0.05) is 27.7 Å². The van der Waals surface area contributed by atoms with Crippen molar-refractivity contribution in [3.63, 3.8) is 0 Å². The predicted molar refractivity (Wildman–Crippen MR) is 52.2 cm³/mol. The van der Waals surface area contributed by atoms with Gasteiger partial charge < -0.3 is 4.99 Å². The summed E-state index contributed by atoms with van der Waals surface area (Å²) in [5, 5.41) is 0. The molecule has 0 spiro atoms. The van der Waals surface area contributed by atoms with Crippen molar-refractivity contribution >= 4 is 6.21 Å². The Morgan fingerprint density at radius 3 is 2.00 bits per heavy atom. The van der Waals surface area contributed by atoms with Gasteiger partial charge in [-0.05, 0) is 24.2 Å². The van der Waals surface area contributed by atoms with Crippen LogP contribution in [0, 0.1) is 17.8 Å². The molecule has 0 amide bonds. The van der Waals surface area contributed by atoms with Crippen molar-refractivity contribution in [3.05, 3.63) is 0 Å². The number of rotatable bonds is 4. The molecule has 0 N–H and O–H groups in total. The molecule has 1 heteroatoms. The summed E-state index contributed by atoms with van der Waals surface area (Å²) in [5.74, 6) is 2.17. The molecule has 0 aliphatic rings. The standard InChI is InChI=1S/C10H21N/c1-8(2)6-10(7-11-5)9(3)4/h7-10H,6H2,1-5H3. The average molecular weight is 155 g/mol. The summed E-state index contributed by atoms with van der Waals surface area (Å²) in [4.78, 5) is 4.09. The smallest absolute Gasteiger partial charge is 0.0273 e. The van der Waals surface area contributed by atoms with E-state index in [2.05, 4.69) is 38.9 Å². The monoisotopic (exact) mass is 155 g/mol. The highest BCUT2D eigenvalue weighted by Gasteiger charge is 2.11. The van der Waals surface area contributed by atoms with E-state index in [1.165, 1.54) is 6.42 Å². The van der Waals surface area contributed by atoms with Gasteiger partial charge >= 0.3 is 0 Å². The van der Waals surface area contributed by atoms with Crippen LogP contribution < -0.4 is 0 Å². The summed E-state index contributed by atoms with van der Waals surface area (Å²) in [6.07, 6.45) is 3.35. The van der Waals surface area contributed by atoms with Gasteiger partial charge in [0.25, 0.3) is 0 Å². The van der Waals surface area contributed by atoms with Crippen molar-refractivity contribution in [2.24, 2.45) is 22.7 Å². The van der Waals surface area contributed by atoms with Crippen molar-refractivity contribution in [3.8, 4) is 0 Å². The molecule has 0 rings (SSSR count). The van der Waals surface area contributed by atoms with E-state index < -0.39 is 0 Å². The molecule has 66 valence electrons. The van der Waals surface area contributed by atoms with Crippen LogP contribution in [0.5, 0.6) is 0 Å². The summed E-state index contributed by atoms with van der Waals surface area (Å²) in [6, 6.07) is 0. The van der Waals surface area contributed by atoms with E-state index >= 15 is 0 Å². The molecule has 0 bridgehead atoms. The van der Waals surface area contributed by atoms with Gasteiger partial charge in [-0.25, -0.2) is 0 Å². The van der Waals surface area contributed by atoms with Crippen LogP contribution in [0.2, 0.25) is 0 Å². The van der Waals surface area contributed by atoms with E-state index in [1.807, 2.05) is 7.05 Å². The topological polar surface area (TPSA) is 12.4 Å². The second-order valence-electron chi connectivity index (χ2n) is 3.94. The molecule has 11 heavy (non-hydrogen) atoms. The number of aliphatic imine (C=N–C) groups is 1. The minimum atomic E-state index is 0.667. The molecule has 0 heterocycles. The highest BCUT2D eigenvalue weighted by Crippen LogP contribution is 2.17. The Labute approximate surface area is 70.9 Å². The van der Waals surface area contributed by atoms with E-state index in [0.29, 0.717) is 5.92 Å². The minimum Gasteiger partial charge on any atom is -0.301 e. The molecule has 1 atom stereocenters. The van der Waals surface area contributed by atoms with Crippen LogP contribution in [0.15, 0.2) is 4.99 Å². The first-order valence-electron chi connectivity index (χ1n) is 4.50. The first kappa shape index (κ1) is 10.7. The van der Waals surface area contributed by atoms with Crippen LogP contribution in [-0.2, 0) is 0 Å². The summed E-state index contributed by atoms with van der Waals surface area (Å²) >= 11 is 0. The lowest BCUT2D eigenvalue weighted by molar-refractivity contribution is 0.408. The van der Waals surface area contributed by atoms with Gasteiger partial charge in [0.2, 0.25) is 0 Å². The van der Waals surface area contributed by atoms with Crippen LogP contribution in [-0.4, -0.2) is 13.3 Å². The molecule has 0 radical (unpaired) electrons. The molecule has 0 aromatic carbocycles. The molecular weight excluding hydrogens is 134 g/mol. The summed E-state index contributed by atoms with van der Waals surface area (Å²) < 4.78 is 0. The summed E-state index contributed by atoms with van der Waals surface area (Å²) in [6.45, 7) is 9.04. The third kappa shape index (κ3) is 5.00. The van der Waals surface area contributed by atoms with E-state index in [-0.39, 0.29) is 0 Å². The van der Waals surface area contributed by atoms with Crippen LogP contribution in [0.25, 0.3) is 0 Å². The lowest BCUT2D eigenvalue weighted by Gasteiger charge is -2.17. The van der Waals surface area contributed by atoms with Crippen molar-refractivity contribution in [1.82, 2.24) is 0 Å². The van der Waals surface area contributed by atoms with Crippen LogP contribution >= 0.6 is 0 Å². The van der Waals surface area contributed by atoms with E-state index in [9.17, 15) is 0 Å². The fourth-order valence-electron chi connectivity index (χ4n) is 1.24. The molecular formula is C10H21N. The van der Waals surface area contributed by atoms with E-state index in [0.717, 1.165) is 11.8 Å². The Hall–Kier alpha value is -0.330.